The summed E-state index contributed by atoms with van der Waals surface area (Å²) < 4.78 is 4.92. The fourth-order valence-corrected chi connectivity index (χ4v) is 0.599. The van der Waals surface area contributed by atoms with E-state index in [2.05, 4.69) is 6.58 Å². The minimum Gasteiger partial charge on any atom is -0.634 e. The standard InChI is InChI=1S/C4H9NO2.C3H4O2/c6-5-1-3-7-4-2-5;1-2-3(4)5/h5H,1-4H2;2H,1H2,(H,4,5). The highest BCUT2D eigenvalue weighted by molar-refractivity contribution is 5.78. The van der Waals surface area contributed by atoms with Gasteiger partial charge in [-0.3, -0.25) is 0 Å². The summed E-state index contributed by atoms with van der Waals surface area (Å²) in [5.74, 6) is -0.981. The Hall–Kier alpha value is -0.910. The Balaban J connectivity index is 0.000000217. The number of nitrogens with one attached hydrogen (secondary N) is 1. The van der Waals surface area contributed by atoms with Crippen LogP contribution in [0.15, 0.2) is 12.7 Å². The number of rotatable bonds is 1. The number of hydrogen-bond acceptors (Lipinski definition) is 3. The van der Waals surface area contributed by atoms with Gasteiger partial charge in [-0.2, -0.15) is 0 Å². The van der Waals surface area contributed by atoms with E-state index in [4.69, 9.17) is 9.84 Å². The quantitative estimate of drug-likeness (QED) is 0.382. The monoisotopic (exact) mass is 175 g/mol. The molecule has 0 unspecified atom stereocenters. The Bertz CT molecular complexity index is 142. The van der Waals surface area contributed by atoms with Gasteiger partial charge in [-0.05, 0) is 0 Å². The van der Waals surface area contributed by atoms with Gasteiger partial charge in [-0.1, -0.05) is 6.58 Å². The van der Waals surface area contributed by atoms with E-state index in [1.165, 1.54) is 0 Å². The molecule has 0 spiro atoms. The zero-order valence-electron chi connectivity index (χ0n) is 6.78. The lowest BCUT2D eigenvalue weighted by molar-refractivity contribution is -0.857. The maximum atomic E-state index is 10.4. The van der Waals surface area contributed by atoms with Crippen LogP contribution in [0.5, 0.6) is 0 Å². The molecule has 2 N–H and O–H groups in total. The summed E-state index contributed by atoms with van der Waals surface area (Å²) in [6.07, 6.45) is 0.833. The maximum Gasteiger partial charge on any atom is 0.327 e. The van der Waals surface area contributed by atoms with E-state index < -0.39 is 5.97 Å². The summed E-state index contributed by atoms with van der Waals surface area (Å²) in [5.41, 5.74) is 0. The van der Waals surface area contributed by atoms with Crippen LogP contribution in [0.1, 0.15) is 0 Å². The van der Waals surface area contributed by atoms with Crippen LogP contribution in [-0.2, 0) is 9.53 Å². The third-order valence-electron chi connectivity index (χ3n) is 1.23. The van der Waals surface area contributed by atoms with E-state index in [1.807, 2.05) is 0 Å². The fourth-order valence-electron chi connectivity index (χ4n) is 0.599. The van der Waals surface area contributed by atoms with Crippen LogP contribution < -0.4 is 5.06 Å². The molecule has 1 aliphatic rings. The van der Waals surface area contributed by atoms with Crippen molar-refractivity contribution in [2.45, 2.75) is 0 Å². The van der Waals surface area contributed by atoms with Crippen LogP contribution in [0.25, 0.3) is 0 Å². The molecule has 5 nitrogen and oxygen atoms in total. The second-order valence-corrected chi connectivity index (χ2v) is 2.19. The number of carboxylic acid groups (broad SMARTS) is 1. The molecule has 1 aliphatic heterocycles. The lowest BCUT2D eigenvalue weighted by atomic mass is 10.5. The lowest BCUT2D eigenvalue weighted by Crippen LogP contribution is -3.09. The Morgan fingerprint density at radius 3 is 2.17 bits per heavy atom. The average Bonchev–Trinajstić information content (AvgIpc) is 2.07. The molecule has 0 amide bonds. The van der Waals surface area contributed by atoms with E-state index in [1.54, 1.807) is 0 Å². The molecule has 0 aromatic heterocycles. The second kappa shape index (κ2) is 6.78. The number of carbonyl (C=O) groups is 1. The number of morpholine rings is 1. The molecule has 5 heteroatoms. The Morgan fingerprint density at radius 1 is 1.58 bits per heavy atom. The molecule has 1 saturated heterocycles. The molecule has 70 valence electrons. The normalized spacial score (nSPS) is 17.4. The van der Waals surface area contributed by atoms with Gasteiger partial charge in [-0.25, -0.2) is 4.79 Å². The molecule has 12 heavy (non-hydrogen) atoms. The van der Waals surface area contributed by atoms with Crippen molar-refractivity contribution in [2.24, 2.45) is 0 Å². The topological polar surface area (TPSA) is 74.0 Å². The maximum absolute atomic E-state index is 10.4. The Morgan fingerprint density at radius 2 is 2.00 bits per heavy atom. The second-order valence-electron chi connectivity index (χ2n) is 2.19. The first-order valence-corrected chi connectivity index (χ1v) is 3.61. The van der Waals surface area contributed by atoms with Gasteiger partial charge in [0.05, 0.1) is 13.2 Å². The molecule has 1 rings (SSSR count). The third kappa shape index (κ3) is 7.20. The van der Waals surface area contributed by atoms with Crippen LogP contribution in [0.3, 0.4) is 0 Å². The fraction of sp³-hybridized carbons (Fsp3) is 0.571. The summed E-state index contributed by atoms with van der Waals surface area (Å²) in [7, 11) is 0. The molecule has 0 bridgehead atoms. The number of ether oxygens (including phenoxy) is 1. The SMILES string of the molecule is C=CC(=O)O.[O-][NH+]1CCOCC1. The highest BCUT2D eigenvalue weighted by Gasteiger charge is 2.02. The van der Waals surface area contributed by atoms with Gasteiger partial charge in [-0.15, -0.1) is 0 Å². The first-order valence-electron chi connectivity index (χ1n) is 3.61. The number of aliphatic carboxylic acids is 1. The van der Waals surface area contributed by atoms with Crippen LogP contribution in [0, 0.1) is 5.21 Å². The minimum absolute atomic E-state index is 0.339. The van der Waals surface area contributed by atoms with Crippen LogP contribution in [0.4, 0.5) is 0 Å². The van der Waals surface area contributed by atoms with Gasteiger partial charge >= 0.3 is 5.97 Å². The Kier molecular flexibility index (Phi) is 6.26. The molecular formula is C7H13NO4. The summed E-state index contributed by atoms with van der Waals surface area (Å²) in [4.78, 5) is 9.25. The molecule has 0 atom stereocenters. The van der Waals surface area contributed by atoms with Crippen molar-refractivity contribution in [1.82, 2.24) is 0 Å². The predicted octanol–water partition coefficient (Wildman–Crippen LogP) is -1.34. The van der Waals surface area contributed by atoms with Crippen molar-refractivity contribution < 1.29 is 19.7 Å². The number of quaternary nitrogens is 1. The molecule has 0 radical (unpaired) electrons. The van der Waals surface area contributed by atoms with Gasteiger partial charge in [0.15, 0.2) is 0 Å². The lowest BCUT2D eigenvalue weighted by Gasteiger charge is -2.25. The van der Waals surface area contributed by atoms with E-state index in [9.17, 15) is 10.0 Å². The van der Waals surface area contributed by atoms with Crippen molar-refractivity contribution >= 4 is 5.97 Å². The molecule has 0 saturated carbocycles. The number of hydrogen-bond donors (Lipinski definition) is 2. The van der Waals surface area contributed by atoms with Crippen molar-refractivity contribution in [2.75, 3.05) is 26.3 Å². The van der Waals surface area contributed by atoms with Gasteiger partial charge in [0.2, 0.25) is 0 Å². The number of carboxylic acids is 1. The van der Waals surface area contributed by atoms with Gasteiger partial charge in [0, 0.05) is 6.08 Å². The summed E-state index contributed by atoms with van der Waals surface area (Å²) in [6, 6.07) is 0. The first kappa shape index (κ1) is 11.1. The van der Waals surface area contributed by atoms with Crippen molar-refractivity contribution in [3.8, 4) is 0 Å². The number of hydroxylamine groups is 2. The van der Waals surface area contributed by atoms with Crippen molar-refractivity contribution in [3.63, 3.8) is 0 Å². The minimum atomic E-state index is -0.981. The average molecular weight is 175 g/mol. The van der Waals surface area contributed by atoms with E-state index >= 15 is 0 Å². The van der Waals surface area contributed by atoms with E-state index in [0.717, 1.165) is 6.08 Å². The highest BCUT2D eigenvalue weighted by atomic mass is 16.5. The Labute approximate surface area is 70.8 Å². The smallest absolute Gasteiger partial charge is 0.327 e. The van der Waals surface area contributed by atoms with E-state index in [-0.39, 0.29) is 0 Å². The molecule has 1 heterocycles. The largest absolute Gasteiger partial charge is 0.634 e. The first-order chi connectivity index (χ1) is 5.66. The van der Waals surface area contributed by atoms with Crippen molar-refractivity contribution in [1.29, 1.82) is 0 Å². The summed E-state index contributed by atoms with van der Waals surface area (Å²) in [6.45, 7) is 5.49. The van der Waals surface area contributed by atoms with E-state index in [0.29, 0.717) is 31.4 Å². The molecular weight excluding hydrogens is 162 g/mol. The third-order valence-corrected chi connectivity index (χ3v) is 1.23. The van der Waals surface area contributed by atoms with Crippen LogP contribution in [0.2, 0.25) is 0 Å². The zero-order valence-corrected chi connectivity index (χ0v) is 6.78. The van der Waals surface area contributed by atoms with Crippen LogP contribution in [-0.4, -0.2) is 37.4 Å². The predicted molar refractivity (Wildman–Crippen MR) is 42.7 cm³/mol. The molecule has 0 aromatic carbocycles. The zero-order chi connectivity index (χ0) is 9.40. The molecule has 0 aliphatic carbocycles. The van der Waals surface area contributed by atoms with Gasteiger partial charge < -0.3 is 20.1 Å². The van der Waals surface area contributed by atoms with Gasteiger partial charge in [0.1, 0.15) is 13.1 Å². The summed E-state index contributed by atoms with van der Waals surface area (Å²) in [5, 5.41) is 18.3. The molecule has 1 fully saturated rings. The summed E-state index contributed by atoms with van der Waals surface area (Å²) >= 11 is 0. The van der Waals surface area contributed by atoms with Crippen molar-refractivity contribution in [3.05, 3.63) is 17.9 Å². The highest BCUT2D eigenvalue weighted by Crippen LogP contribution is 1.72. The van der Waals surface area contributed by atoms with Crippen LogP contribution >= 0.6 is 0 Å². The molecule has 0 aromatic rings. The van der Waals surface area contributed by atoms with Gasteiger partial charge in [0.25, 0.3) is 0 Å².